The van der Waals surface area contributed by atoms with E-state index < -0.39 is 5.82 Å². The number of hydrogen-bond acceptors (Lipinski definition) is 4. The third-order valence-corrected chi connectivity index (χ3v) is 2.77. The quantitative estimate of drug-likeness (QED) is 0.832. The zero-order valence-corrected chi connectivity index (χ0v) is 10.0. The Morgan fingerprint density at radius 2 is 2.39 bits per heavy atom. The lowest BCUT2D eigenvalue weighted by atomic mass is 10.2. The van der Waals surface area contributed by atoms with Crippen LogP contribution in [0, 0.1) is 5.82 Å². The van der Waals surface area contributed by atoms with Gasteiger partial charge in [-0.25, -0.2) is 4.39 Å². The maximum atomic E-state index is 13.0. The molecule has 0 radical (unpaired) electrons. The molecule has 2 atom stereocenters. The Labute approximate surface area is 104 Å². The zero-order chi connectivity index (χ0) is 13.1. The monoisotopic (exact) mass is 254 g/mol. The number of aromatic nitrogens is 1. The van der Waals surface area contributed by atoms with E-state index in [0.29, 0.717) is 13.1 Å². The van der Waals surface area contributed by atoms with Gasteiger partial charge in [0.1, 0.15) is 5.82 Å². The fourth-order valence-corrected chi connectivity index (χ4v) is 2.02. The van der Waals surface area contributed by atoms with Crippen LogP contribution in [0.2, 0.25) is 0 Å². The number of carbonyl (C=O) groups excluding carboxylic acids is 1. The lowest BCUT2D eigenvalue weighted by Gasteiger charge is -2.36. The van der Waals surface area contributed by atoms with Gasteiger partial charge in [0.05, 0.1) is 30.6 Å². The number of aliphatic hydroxyl groups is 1. The maximum Gasteiger partial charge on any atom is 0.255 e. The van der Waals surface area contributed by atoms with Crippen molar-refractivity contribution in [3.63, 3.8) is 0 Å². The number of pyridine rings is 1. The van der Waals surface area contributed by atoms with Gasteiger partial charge in [-0.05, 0) is 13.0 Å². The molecular formula is C12H15FN2O3. The number of aliphatic hydroxyl groups excluding tert-OH is 1. The van der Waals surface area contributed by atoms with Gasteiger partial charge in [0.25, 0.3) is 5.91 Å². The molecule has 1 aromatic heterocycles. The van der Waals surface area contributed by atoms with Crippen molar-refractivity contribution in [2.45, 2.75) is 19.1 Å². The molecular weight excluding hydrogens is 239 g/mol. The van der Waals surface area contributed by atoms with Crippen molar-refractivity contribution in [3.8, 4) is 0 Å². The van der Waals surface area contributed by atoms with Crippen molar-refractivity contribution < 1.29 is 19.0 Å². The first-order chi connectivity index (χ1) is 8.60. The van der Waals surface area contributed by atoms with E-state index in [1.54, 1.807) is 4.90 Å². The smallest absolute Gasteiger partial charge is 0.255 e. The Morgan fingerprint density at radius 3 is 3.06 bits per heavy atom. The standard InChI is InChI=1S/C12H15FN2O3/c1-8-5-15(6-11(7-16)18-8)12(17)9-2-10(13)4-14-3-9/h2-4,8,11,16H,5-7H2,1H3. The number of ether oxygens (including phenoxy) is 1. The molecule has 0 aromatic carbocycles. The number of carbonyl (C=O) groups is 1. The number of nitrogens with zero attached hydrogens (tertiary/aromatic N) is 2. The third kappa shape index (κ3) is 2.83. The molecule has 0 saturated carbocycles. The van der Waals surface area contributed by atoms with E-state index in [9.17, 15) is 9.18 Å². The van der Waals surface area contributed by atoms with Crippen molar-refractivity contribution in [2.24, 2.45) is 0 Å². The van der Waals surface area contributed by atoms with Crippen molar-refractivity contribution in [1.29, 1.82) is 0 Å². The lowest BCUT2D eigenvalue weighted by Crippen LogP contribution is -2.50. The molecule has 1 saturated heterocycles. The molecule has 98 valence electrons. The van der Waals surface area contributed by atoms with Crippen LogP contribution in [0.3, 0.4) is 0 Å². The summed E-state index contributed by atoms with van der Waals surface area (Å²) in [7, 11) is 0. The van der Waals surface area contributed by atoms with Gasteiger partial charge in [-0.1, -0.05) is 0 Å². The van der Waals surface area contributed by atoms with Crippen LogP contribution >= 0.6 is 0 Å². The molecule has 1 fully saturated rings. The predicted molar refractivity (Wildman–Crippen MR) is 61.5 cm³/mol. The van der Waals surface area contributed by atoms with E-state index in [1.807, 2.05) is 6.92 Å². The van der Waals surface area contributed by atoms with Crippen LogP contribution in [0.15, 0.2) is 18.5 Å². The summed E-state index contributed by atoms with van der Waals surface area (Å²) in [5.41, 5.74) is 0.209. The molecule has 1 aliphatic rings. The summed E-state index contributed by atoms with van der Waals surface area (Å²) in [6, 6.07) is 1.16. The fraction of sp³-hybridized carbons (Fsp3) is 0.500. The molecule has 1 amide bonds. The molecule has 2 unspecified atom stereocenters. The molecule has 18 heavy (non-hydrogen) atoms. The van der Waals surface area contributed by atoms with E-state index in [0.717, 1.165) is 12.3 Å². The van der Waals surface area contributed by atoms with Crippen molar-refractivity contribution in [1.82, 2.24) is 9.88 Å². The minimum atomic E-state index is -0.541. The highest BCUT2D eigenvalue weighted by atomic mass is 19.1. The normalized spacial score (nSPS) is 24.1. The third-order valence-electron chi connectivity index (χ3n) is 2.77. The second-order valence-electron chi connectivity index (χ2n) is 4.35. The zero-order valence-electron chi connectivity index (χ0n) is 10.0. The van der Waals surface area contributed by atoms with E-state index in [1.165, 1.54) is 6.20 Å². The molecule has 2 rings (SSSR count). The van der Waals surface area contributed by atoms with Gasteiger partial charge in [0, 0.05) is 19.3 Å². The average Bonchev–Trinajstić information content (AvgIpc) is 2.37. The van der Waals surface area contributed by atoms with Crippen LogP contribution in [0.4, 0.5) is 4.39 Å². The van der Waals surface area contributed by atoms with Gasteiger partial charge < -0.3 is 14.7 Å². The Morgan fingerprint density at radius 1 is 1.61 bits per heavy atom. The van der Waals surface area contributed by atoms with Gasteiger partial charge in [-0.15, -0.1) is 0 Å². The Balaban J connectivity index is 2.13. The molecule has 5 nitrogen and oxygen atoms in total. The maximum absolute atomic E-state index is 13.0. The van der Waals surface area contributed by atoms with Crippen LogP contribution in [0.25, 0.3) is 0 Å². The van der Waals surface area contributed by atoms with Gasteiger partial charge in [-0.3, -0.25) is 9.78 Å². The van der Waals surface area contributed by atoms with E-state index >= 15 is 0 Å². The number of hydrogen-bond donors (Lipinski definition) is 1. The number of morpholine rings is 1. The summed E-state index contributed by atoms with van der Waals surface area (Å²) < 4.78 is 18.5. The molecule has 0 aliphatic carbocycles. The van der Waals surface area contributed by atoms with E-state index in [-0.39, 0.29) is 30.3 Å². The summed E-state index contributed by atoms with van der Waals surface area (Å²) >= 11 is 0. The van der Waals surface area contributed by atoms with Crippen LogP contribution in [0.1, 0.15) is 17.3 Å². The largest absolute Gasteiger partial charge is 0.394 e. The second-order valence-corrected chi connectivity index (χ2v) is 4.35. The number of halogens is 1. The highest BCUT2D eigenvalue weighted by Crippen LogP contribution is 2.14. The first-order valence-corrected chi connectivity index (χ1v) is 5.76. The molecule has 0 bridgehead atoms. The van der Waals surface area contributed by atoms with Crippen molar-refractivity contribution >= 4 is 5.91 Å². The summed E-state index contributed by atoms with van der Waals surface area (Å²) in [5, 5.41) is 9.09. The van der Waals surface area contributed by atoms with Crippen LogP contribution < -0.4 is 0 Å². The topological polar surface area (TPSA) is 62.7 Å². The van der Waals surface area contributed by atoms with Gasteiger partial charge in [0.2, 0.25) is 0 Å². The summed E-state index contributed by atoms with van der Waals surface area (Å²) in [6.45, 7) is 2.41. The van der Waals surface area contributed by atoms with Crippen molar-refractivity contribution in [2.75, 3.05) is 19.7 Å². The molecule has 1 N–H and O–H groups in total. The second kappa shape index (κ2) is 5.41. The van der Waals surface area contributed by atoms with Gasteiger partial charge in [0.15, 0.2) is 0 Å². The summed E-state index contributed by atoms with van der Waals surface area (Å²) in [6.07, 6.45) is 1.84. The number of rotatable bonds is 2. The average molecular weight is 254 g/mol. The van der Waals surface area contributed by atoms with Gasteiger partial charge in [-0.2, -0.15) is 0 Å². The minimum Gasteiger partial charge on any atom is -0.394 e. The molecule has 0 spiro atoms. The first kappa shape index (κ1) is 12.9. The summed E-state index contributed by atoms with van der Waals surface area (Å²) in [5.74, 6) is -0.837. The molecule has 2 heterocycles. The molecule has 1 aromatic rings. The minimum absolute atomic E-state index is 0.143. The van der Waals surface area contributed by atoms with Crippen LogP contribution in [-0.4, -0.2) is 52.8 Å². The fourth-order valence-electron chi connectivity index (χ4n) is 2.02. The van der Waals surface area contributed by atoms with Gasteiger partial charge >= 0.3 is 0 Å². The lowest BCUT2D eigenvalue weighted by molar-refractivity contribution is -0.0858. The molecule has 1 aliphatic heterocycles. The predicted octanol–water partition coefficient (Wildman–Crippen LogP) is 0.443. The van der Waals surface area contributed by atoms with E-state index in [4.69, 9.17) is 9.84 Å². The first-order valence-electron chi connectivity index (χ1n) is 5.76. The Bertz CT molecular complexity index is 441. The van der Waals surface area contributed by atoms with Crippen LogP contribution in [-0.2, 0) is 4.74 Å². The van der Waals surface area contributed by atoms with Crippen molar-refractivity contribution in [3.05, 3.63) is 29.8 Å². The highest BCUT2D eigenvalue weighted by molar-refractivity contribution is 5.94. The Hall–Kier alpha value is -1.53. The van der Waals surface area contributed by atoms with E-state index in [2.05, 4.69) is 4.98 Å². The Kier molecular flexibility index (Phi) is 3.88. The molecule has 6 heteroatoms. The van der Waals surface area contributed by atoms with Crippen LogP contribution in [0.5, 0.6) is 0 Å². The number of amides is 1. The summed E-state index contributed by atoms with van der Waals surface area (Å²) in [4.78, 5) is 17.3. The highest BCUT2D eigenvalue weighted by Gasteiger charge is 2.28. The SMILES string of the molecule is CC1CN(C(=O)c2cncc(F)c2)CC(CO)O1.